The smallest absolute Gasteiger partial charge is 0.143 e. The molecule has 0 aliphatic carbocycles. The molecule has 0 bridgehead atoms. The number of rotatable bonds is 2. The maximum absolute atomic E-state index is 13.3. The minimum Gasteiger partial charge on any atom is -0.397 e. The van der Waals surface area contributed by atoms with E-state index in [0.29, 0.717) is 11.7 Å². The number of nitrogen functional groups attached to an aromatic ring is 1. The fraction of sp³-hybridized carbons (Fsp3) is 0.538. The van der Waals surface area contributed by atoms with Gasteiger partial charge in [0.2, 0.25) is 0 Å². The van der Waals surface area contributed by atoms with Crippen molar-refractivity contribution >= 4 is 23.0 Å². The predicted molar refractivity (Wildman–Crippen MR) is 74.7 cm³/mol. The summed E-state index contributed by atoms with van der Waals surface area (Å²) in [5.74, 6) is -0.460. The molecule has 1 fully saturated rings. The van der Waals surface area contributed by atoms with Gasteiger partial charge in [0.25, 0.3) is 0 Å². The summed E-state index contributed by atoms with van der Waals surface area (Å²) >= 11 is 5.82. The molecule has 0 atom stereocenters. The van der Waals surface area contributed by atoms with E-state index in [-0.39, 0.29) is 5.02 Å². The number of benzene rings is 1. The van der Waals surface area contributed by atoms with Crippen LogP contribution in [0.1, 0.15) is 13.8 Å². The summed E-state index contributed by atoms with van der Waals surface area (Å²) in [4.78, 5) is 4.58. The third-order valence-electron chi connectivity index (χ3n) is 3.45. The van der Waals surface area contributed by atoms with Crippen molar-refractivity contribution in [2.24, 2.45) is 0 Å². The Kier molecular flexibility index (Phi) is 3.97. The second-order valence-corrected chi connectivity index (χ2v) is 5.35. The van der Waals surface area contributed by atoms with Crippen molar-refractivity contribution in [1.29, 1.82) is 0 Å². The molecule has 0 spiro atoms. The highest BCUT2D eigenvalue weighted by atomic mass is 35.5. The molecule has 0 aromatic heterocycles. The minimum absolute atomic E-state index is 0.130. The van der Waals surface area contributed by atoms with Crippen LogP contribution in [0.15, 0.2) is 12.1 Å². The zero-order chi connectivity index (χ0) is 13.3. The van der Waals surface area contributed by atoms with E-state index in [1.54, 1.807) is 6.07 Å². The highest BCUT2D eigenvalue weighted by Gasteiger charge is 2.21. The number of hydrogen-bond donors (Lipinski definition) is 1. The summed E-state index contributed by atoms with van der Waals surface area (Å²) in [5.41, 5.74) is 7.15. The van der Waals surface area contributed by atoms with Crippen LogP contribution in [0.5, 0.6) is 0 Å². The Labute approximate surface area is 112 Å². The van der Waals surface area contributed by atoms with Gasteiger partial charge in [0.15, 0.2) is 0 Å². The number of halogens is 2. The molecule has 1 aliphatic rings. The third-order valence-corrected chi connectivity index (χ3v) is 3.74. The number of anilines is 2. The second-order valence-electron chi connectivity index (χ2n) is 4.94. The molecular weight excluding hydrogens is 253 g/mol. The summed E-state index contributed by atoms with van der Waals surface area (Å²) < 4.78 is 13.3. The van der Waals surface area contributed by atoms with E-state index in [4.69, 9.17) is 17.3 Å². The van der Waals surface area contributed by atoms with Gasteiger partial charge in [-0.1, -0.05) is 11.6 Å². The van der Waals surface area contributed by atoms with Crippen LogP contribution in [-0.2, 0) is 0 Å². The van der Waals surface area contributed by atoms with Crippen LogP contribution < -0.4 is 10.6 Å². The van der Waals surface area contributed by atoms with Crippen LogP contribution in [-0.4, -0.2) is 37.1 Å². The topological polar surface area (TPSA) is 32.5 Å². The van der Waals surface area contributed by atoms with Gasteiger partial charge < -0.3 is 10.6 Å². The van der Waals surface area contributed by atoms with E-state index >= 15 is 0 Å². The predicted octanol–water partition coefficient (Wildman–Crippen LogP) is 2.59. The average Bonchev–Trinajstić information content (AvgIpc) is 2.34. The number of nitrogens with two attached hydrogens (primary N) is 1. The first kappa shape index (κ1) is 13.4. The molecule has 0 unspecified atom stereocenters. The van der Waals surface area contributed by atoms with E-state index < -0.39 is 5.82 Å². The highest BCUT2D eigenvalue weighted by molar-refractivity contribution is 6.31. The lowest BCUT2D eigenvalue weighted by Crippen LogP contribution is -2.49. The van der Waals surface area contributed by atoms with Crippen LogP contribution in [0.25, 0.3) is 0 Å². The van der Waals surface area contributed by atoms with Gasteiger partial charge in [-0.05, 0) is 19.9 Å². The highest BCUT2D eigenvalue weighted by Crippen LogP contribution is 2.30. The van der Waals surface area contributed by atoms with Gasteiger partial charge in [0, 0.05) is 38.3 Å². The lowest BCUT2D eigenvalue weighted by Gasteiger charge is -2.38. The molecule has 1 saturated heterocycles. The minimum atomic E-state index is -0.460. The monoisotopic (exact) mass is 271 g/mol. The Morgan fingerprint density at radius 1 is 1.22 bits per heavy atom. The van der Waals surface area contributed by atoms with E-state index in [1.165, 1.54) is 6.07 Å². The zero-order valence-corrected chi connectivity index (χ0v) is 11.5. The van der Waals surface area contributed by atoms with Crippen LogP contribution in [0, 0.1) is 5.82 Å². The standard InChI is InChI=1S/C13H19ClFN3/c1-9(2)17-3-5-18(6-4-17)13-7-10(14)11(15)8-12(13)16/h7-9H,3-6,16H2,1-2H3. The molecule has 1 heterocycles. The largest absolute Gasteiger partial charge is 0.397 e. The molecule has 1 aliphatic heterocycles. The van der Waals surface area contributed by atoms with Crippen molar-refractivity contribution in [2.45, 2.75) is 19.9 Å². The van der Waals surface area contributed by atoms with Crippen molar-refractivity contribution in [1.82, 2.24) is 4.90 Å². The van der Waals surface area contributed by atoms with Crippen LogP contribution >= 0.6 is 11.6 Å². The van der Waals surface area contributed by atoms with Crippen molar-refractivity contribution in [3.63, 3.8) is 0 Å². The quantitative estimate of drug-likeness (QED) is 0.840. The van der Waals surface area contributed by atoms with Crippen LogP contribution in [0.3, 0.4) is 0 Å². The molecule has 1 aromatic carbocycles. The van der Waals surface area contributed by atoms with Gasteiger partial charge in [-0.15, -0.1) is 0 Å². The molecule has 1 aromatic rings. The van der Waals surface area contributed by atoms with Gasteiger partial charge in [-0.25, -0.2) is 4.39 Å². The average molecular weight is 272 g/mol. The van der Waals surface area contributed by atoms with E-state index in [1.807, 2.05) is 0 Å². The Balaban J connectivity index is 2.12. The summed E-state index contributed by atoms with van der Waals surface area (Å²) in [6, 6.07) is 3.48. The molecule has 2 N–H and O–H groups in total. The number of piperazine rings is 1. The van der Waals surface area contributed by atoms with Crippen molar-refractivity contribution in [3.8, 4) is 0 Å². The lowest BCUT2D eigenvalue weighted by molar-refractivity contribution is 0.209. The first-order valence-corrected chi connectivity index (χ1v) is 6.60. The second kappa shape index (κ2) is 5.33. The molecular formula is C13H19ClFN3. The Morgan fingerprint density at radius 2 is 1.83 bits per heavy atom. The third kappa shape index (κ3) is 2.70. The van der Waals surface area contributed by atoms with Gasteiger partial charge in [-0.3, -0.25) is 4.90 Å². The van der Waals surface area contributed by atoms with E-state index in [0.717, 1.165) is 31.9 Å². The summed E-state index contributed by atoms with van der Waals surface area (Å²) in [7, 11) is 0. The first-order chi connectivity index (χ1) is 8.49. The van der Waals surface area contributed by atoms with Crippen molar-refractivity contribution in [2.75, 3.05) is 36.8 Å². The normalized spacial score (nSPS) is 17.5. The zero-order valence-electron chi connectivity index (χ0n) is 10.8. The molecule has 0 saturated carbocycles. The molecule has 18 heavy (non-hydrogen) atoms. The van der Waals surface area contributed by atoms with Crippen molar-refractivity contribution < 1.29 is 4.39 Å². The number of nitrogens with zero attached hydrogens (tertiary/aromatic N) is 2. The Hall–Kier alpha value is -1.00. The first-order valence-electron chi connectivity index (χ1n) is 6.22. The van der Waals surface area contributed by atoms with Crippen LogP contribution in [0.2, 0.25) is 5.02 Å². The fourth-order valence-electron chi connectivity index (χ4n) is 2.30. The van der Waals surface area contributed by atoms with Gasteiger partial charge >= 0.3 is 0 Å². The van der Waals surface area contributed by atoms with Gasteiger partial charge in [0.05, 0.1) is 16.4 Å². The van der Waals surface area contributed by atoms with E-state index in [2.05, 4.69) is 23.6 Å². The Morgan fingerprint density at radius 3 is 2.39 bits per heavy atom. The van der Waals surface area contributed by atoms with Crippen molar-refractivity contribution in [3.05, 3.63) is 23.0 Å². The molecule has 5 heteroatoms. The summed E-state index contributed by atoms with van der Waals surface area (Å²) in [6.07, 6.45) is 0. The molecule has 100 valence electrons. The van der Waals surface area contributed by atoms with Gasteiger partial charge in [-0.2, -0.15) is 0 Å². The number of hydrogen-bond acceptors (Lipinski definition) is 3. The lowest BCUT2D eigenvalue weighted by atomic mass is 10.2. The molecule has 0 amide bonds. The van der Waals surface area contributed by atoms with Gasteiger partial charge in [0.1, 0.15) is 5.82 Å². The SMILES string of the molecule is CC(C)N1CCN(c2cc(Cl)c(F)cc2N)CC1. The summed E-state index contributed by atoms with van der Waals surface area (Å²) in [5, 5.41) is 0.130. The van der Waals surface area contributed by atoms with Crippen LogP contribution in [0.4, 0.5) is 15.8 Å². The van der Waals surface area contributed by atoms with E-state index in [9.17, 15) is 4.39 Å². The summed E-state index contributed by atoms with van der Waals surface area (Å²) in [6.45, 7) is 8.16. The fourth-order valence-corrected chi connectivity index (χ4v) is 2.46. The molecule has 2 rings (SSSR count). The molecule has 0 radical (unpaired) electrons. The maximum Gasteiger partial charge on any atom is 0.143 e. The maximum atomic E-state index is 13.3. The molecule has 3 nitrogen and oxygen atoms in total. The Bertz CT molecular complexity index is 428.